The Morgan fingerprint density at radius 2 is 1.79 bits per heavy atom. The van der Waals surface area contributed by atoms with Crippen LogP contribution in [0.4, 0.5) is 0 Å². The van der Waals surface area contributed by atoms with Gasteiger partial charge in [-0.1, -0.05) is 43.3 Å². The number of methoxy groups -OCH3 is 2. The van der Waals surface area contributed by atoms with Gasteiger partial charge in [-0.05, 0) is 36.1 Å². The van der Waals surface area contributed by atoms with Crippen LogP contribution in [0.3, 0.4) is 0 Å². The lowest BCUT2D eigenvalue weighted by Gasteiger charge is -2.15. The maximum absolute atomic E-state index is 12.5. The Labute approximate surface area is 170 Å². The van der Waals surface area contributed by atoms with Crippen LogP contribution in [0.1, 0.15) is 41.0 Å². The number of benzene rings is 2. The van der Waals surface area contributed by atoms with Crippen molar-refractivity contribution in [2.75, 3.05) is 14.2 Å². The number of carbonyl (C=O) groups is 1. The second-order valence-electron chi connectivity index (χ2n) is 6.64. The first kappa shape index (κ1) is 20.4. The van der Waals surface area contributed by atoms with Crippen molar-refractivity contribution in [3.63, 3.8) is 0 Å². The van der Waals surface area contributed by atoms with Crippen molar-refractivity contribution >= 4 is 5.91 Å². The highest BCUT2D eigenvalue weighted by Crippen LogP contribution is 2.28. The minimum Gasteiger partial charge on any atom is -0.493 e. The molecule has 2 aromatic carbocycles. The van der Waals surface area contributed by atoms with Gasteiger partial charge in [0.2, 0.25) is 5.89 Å². The highest BCUT2D eigenvalue weighted by Gasteiger charge is 2.19. The van der Waals surface area contributed by atoms with E-state index in [2.05, 4.69) is 15.5 Å². The summed E-state index contributed by atoms with van der Waals surface area (Å²) in [6.07, 6.45) is 1.94. The largest absolute Gasteiger partial charge is 0.493 e. The number of hydrogen-bond acceptors (Lipinski definition) is 6. The van der Waals surface area contributed by atoms with Crippen molar-refractivity contribution < 1.29 is 18.7 Å². The molecule has 1 heterocycles. The van der Waals surface area contributed by atoms with E-state index in [0.29, 0.717) is 23.8 Å². The number of nitrogens with one attached hydrogen (secondary N) is 1. The predicted molar refractivity (Wildman–Crippen MR) is 108 cm³/mol. The normalized spacial score (nSPS) is 11.7. The minimum absolute atomic E-state index is 0.00824. The molecule has 0 aliphatic rings. The van der Waals surface area contributed by atoms with E-state index in [1.807, 2.05) is 55.5 Å². The van der Waals surface area contributed by atoms with Crippen molar-refractivity contribution in [3.05, 3.63) is 71.4 Å². The molecule has 1 atom stereocenters. The van der Waals surface area contributed by atoms with E-state index in [0.717, 1.165) is 18.4 Å². The van der Waals surface area contributed by atoms with Crippen LogP contribution in [0.2, 0.25) is 0 Å². The van der Waals surface area contributed by atoms with Crippen LogP contribution in [0, 0.1) is 0 Å². The van der Waals surface area contributed by atoms with Gasteiger partial charge in [-0.15, -0.1) is 10.2 Å². The molecule has 152 valence electrons. The summed E-state index contributed by atoms with van der Waals surface area (Å²) < 4.78 is 16.1. The molecule has 3 rings (SSSR count). The van der Waals surface area contributed by atoms with Crippen molar-refractivity contribution in [2.24, 2.45) is 0 Å². The molecular formula is C22H25N3O4. The van der Waals surface area contributed by atoms with E-state index in [4.69, 9.17) is 13.9 Å². The van der Waals surface area contributed by atoms with Crippen LogP contribution in [-0.2, 0) is 12.8 Å². The Morgan fingerprint density at radius 3 is 2.48 bits per heavy atom. The Morgan fingerprint density at radius 1 is 1.03 bits per heavy atom. The van der Waals surface area contributed by atoms with Crippen LogP contribution >= 0.6 is 0 Å². The van der Waals surface area contributed by atoms with Crippen molar-refractivity contribution in [2.45, 2.75) is 32.2 Å². The van der Waals surface area contributed by atoms with Gasteiger partial charge < -0.3 is 19.2 Å². The third-order valence-corrected chi connectivity index (χ3v) is 4.62. The second kappa shape index (κ2) is 9.73. The van der Waals surface area contributed by atoms with Crippen LogP contribution < -0.4 is 14.8 Å². The molecule has 0 aliphatic heterocycles. The minimum atomic E-state index is -0.362. The molecule has 0 saturated carbocycles. The molecule has 0 bridgehead atoms. The molecular weight excluding hydrogens is 370 g/mol. The van der Waals surface area contributed by atoms with Gasteiger partial charge in [-0.25, -0.2) is 0 Å². The third-order valence-electron chi connectivity index (χ3n) is 4.62. The maximum Gasteiger partial charge on any atom is 0.309 e. The fourth-order valence-corrected chi connectivity index (χ4v) is 3.03. The number of ether oxygens (including phenoxy) is 2. The Hall–Kier alpha value is -3.35. The Kier molecular flexibility index (Phi) is 6.84. The van der Waals surface area contributed by atoms with Gasteiger partial charge in [0.1, 0.15) is 0 Å². The second-order valence-corrected chi connectivity index (χ2v) is 6.64. The zero-order chi connectivity index (χ0) is 20.6. The molecule has 29 heavy (non-hydrogen) atoms. The molecule has 0 aliphatic carbocycles. The van der Waals surface area contributed by atoms with Gasteiger partial charge in [0.25, 0.3) is 0 Å². The number of rotatable bonds is 9. The number of aromatic nitrogens is 2. The molecule has 0 spiro atoms. The third kappa shape index (κ3) is 5.34. The average molecular weight is 395 g/mol. The highest BCUT2D eigenvalue weighted by molar-refractivity contribution is 5.89. The summed E-state index contributed by atoms with van der Waals surface area (Å²) in [6, 6.07) is 15.6. The molecule has 3 aromatic rings. The van der Waals surface area contributed by atoms with Crippen LogP contribution in [0.25, 0.3) is 0 Å². The Balaban J connectivity index is 1.63. The molecule has 1 amide bonds. The number of carbonyl (C=O) groups excluding carboxylic acids is 1. The topological polar surface area (TPSA) is 86.5 Å². The zero-order valence-electron chi connectivity index (χ0n) is 16.8. The Bertz CT molecular complexity index is 940. The SMILES string of the molecule is CCC(Cc1ccccc1)NC(=O)c1nnc(Cc2ccc(OC)c(OC)c2)o1. The standard InChI is InChI=1S/C22H25N3O4/c1-4-17(12-15-8-6-5-7-9-15)23-21(26)22-25-24-20(29-22)14-16-10-11-18(27-2)19(13-16)28-3/h5-11,13,17H,4,12,14H2,1-3H3,(H,23,26). The summed E-state index contributed by atoms with van der Waals surface area (Å²) >= 11 is 0. The molecule has 0 fully saturated rings. The zero-order valence-corrected chi connectivity index (χ0v) is 16.8. The molecule has 1 unspecified atom stereocenters. The number of amides is 1. The van der Waals surface area contributed by atoms with Crippen LogP contribution in [-0.4, -0.2) is 36.4 Å². The van der Waals surface area contributed by atoms with Gasteiger partial charge in [0.15, 0.2) is 11.5 Å². The van der Waals surface area contributed by atoms with E-state index >= 15 is 0 Å². The monoisotopic (exact) mass is 395 g/mol. The quantitative estimate of drug-likeness (QED) is 0.597. The lowest BCUT2D eigenvalue weighted by atomic mass is 10.0. The van der Waals surface area contributed by atoms with Crippen LogP contribution in [0.5, 0.6) is 11.5 Å². The molecule has 1 aromatic heterocycles. The first-order chi connectivity index (χ1) is 14.1. The molecule has 0 saturated heterocycles. The van der Waals surface area contributed by atoms with E-state index in [9.17, 15) is 4.79 Å². The fourth-order valence-electron chi connectivity index (χ4n) is 3.03. The van der Waals surface area contributed by atoms with Crippen molar-refractivity contribution in [1.29, 1.82) is 0 Å². The predicted octanol–water partition coefficient (Wildman–Crippen LogP) is 3.43. The van der Waals surface area contributed by atoms with E-state index in [1.54, 1.807) is 14.2 Å². The lowest BCUT2D eigenvalue weighted by Crippen LogP contribution is -2.36. The van der Waals surface area contributed by atoms with Gasteiger partial charge >= 0.3 is 11.8 Å². The molecule has 7 nitrogen and oxygen atoms in total. The summed E-state index contributed by atoms with van der Waals surface area (Å²) in [4.78, 5) is 12.5. The van der Waals surface area contributed by atoms with Gasteiger partial charge in [-0.2, -0.15) is 0 Å². The smallest absolute Gasteiger partial charge is 0.309 e. The molecule has 7 heteroatoms. The van der Waals surface area contributed by atoms with E-state index in [1.165, 1.54) is 5.56 Å². The van der Waals surface area contributed by atoms with E-state index < -0.39 is 0 Å². The summed E-state index contributed by atoms with van der Waals surface area (Å²) in [6.45, 7) is 2.03. The van der Waals surface area contributed by atoms with E-state index in [-0.39, 0.29) is 17.8 Å². The molecule has 0 radical (unpaired) electrons. The van der Waals surface area contributed by atoms with Gasteiger partial charge in [0.05, 0.1) is 20.6 Å². The highest BCUT2D eigenvalue weighted by atomic mass is 16.5. The summed E-state index contributed by atoms with van der Waals surface area (Å²) in [5.74, 6) is 1.23. The van der Waals surface area contributed by atoms with Crippen molar-refractivity contribution in [3.8, 4) is 11.5 Å². The number of nitrogens with zero attached hydrogens (tertiary/aromatic N) is 2. The summed E-state index contributed by atoms with van der Waals surface area (Å²) in [5, 5.41) is 10.9. The average Bonchev–Trinajstić information content (AvgIpc) is 3.22. The van der Waals surface area contributed by atoms with Crippen molar-refractivity contribution in [1.82, 2.24) is 15.5 Å². The van der Waals surface area contributed by atoms with Gasteiger partial charge in [-0.3, -0.25) is 4.79 Å². The summed E-state index contributed by atoms with van der Waals surface area (Å²) in [5.41, 5.74) is 2.08. The fraction of sp³-hybridized carbons (Fsp3) is 0.318. The molecule has 1 N–H and O–H groups in total. The van der Waals surface area contributed by atoms with Gasteiger partial charge in [0, 0.05) is 6.04 Å². The number of hydrogen-bond donors (Lipinski definition) is 1. The maximum atomic E-state index is 12.5. The first-order valence-corrected chi connectivity index (χ1v) is 9.51. The summed E-state index contributed by atoms with van der Waals surface area (Å²) in [7, 11) is 3.16. The first-order valence-electron chi connectivity index (χ1n) is 9.51. The van der Waals surface area contributed by atoms with Crippen LogP contribution in [0.15, 0.2) is 52.9 Å². The lowest BCUT2D eigenvalue weighted by molar-refractivity contribution is 0.0899.